The van der Waals surface area contributed by atoms with Crippen LogP contribution in [0, 0.1) is 0 Å². The first kappa shape index (κ1) is 14.0. The minimum atomic E-state index is 0.0291. The number of nitrogens with zero attached hydrogens (tertiary/aromatic N) is 1. The van der Waals surface area contributed by atoms with Crippen molar-refractivity contribution in [3.8, 4) is 5.75 Å². The van der Waals surface area contributed by atoms with Crippen molar-refractivity contribution in [1.29, 1.82) is 0 Å². The molecule has 0 bridgehead atoms. The molecule has 108 valence electrons. The Morgan fingerprint density at radius 3 is 2.71 bits per heavy atom. The van der Waals surface area contributed by atoms with E-state index in [1.165, 1.54) is 5.56 Å². The van der Waals surface area contributed by atoms with Gasteiger partial charge in [0, 0.05) is 11.3 Å². The van der Waals surface area contributed by atoms with Gasteiger partial charge in [0.1, 0.15) is 12.4 Å². The van der Waals surface area contributed by atoms with E-state index in [0.29, 0.717) is 13.2 Å². The van der Waals surface area contributed by atoms with Crippen molar-refractivity contribution in [2.24, 2.45) is 0 Å². The SMILES string of the molecule is CSCc1ccc(C(=O)N2CCOc3ccccc32)cc1. The summed E-state index contributed by atoms with van der Waals surface area (Å²) in [6.45, 7) is 1.12. The zero-order chi connectivity index (χ0) is 14.7. The summed E-state index contributed by atoms with van der Waals surface area (Å²) in [6.07, 6.45) is 2.07. The lowest BCUT2D eigenvalue weighted by Crippen LogP contribution is -2.37. The highest BCUT2D eigenvalue weighted by molar-refractivity contribution is 7.97. The van der Waals surface area contributed by atoms with Gasteiger partial charge in [-0.15, -0.1) is 0 Å². The molecule has 0 fully saturated rings. The van der Waals surface area contributed by atoms with Crippen LogP contribution in [0.15, 0.2) is 48.5 Å². The Hall–Kier alpha value is -1.94. The van der Waals surface area contributed by atoms with Crippen molar-refractivity contribution in [2.45, 2.75) is 5.75 Å². The van der Waals surface area contributed by atoms with Crippen LogP contribution in [0.4, 0.5) is 5.69 Å². The molecule has 0 radical (unpaired) electrons. The maximum Gasteiger partial charge on any atom is 0.258 e. The normalized spacial score (nSPS) is 13.5. The van der Waals surface area contributed by atoms with Crippen LogP contribution < -0.4 is 9.64 Å². The molecule has 0 saturated carbocycles. The maximum atomic E-state index is 12.7. The summed E-state index contributed by atoms with van der Waals surface area (Å²) in [5, 5.41) is 0. The smallest absolute Gasteiger partial charge is 0.258 e. The van der Waals surface area contributed by atoms with Crippen LogP contribution in [0.3, 0.4) is 0 Å². The number of ether oxygens (including phenoxy) is 1. The summed E-state index contributed by atoms with van der Waals surface area (Å²) in [6, 6.07) is 15.5. The molecule has 21 heavy (non-hydrogen) atoms. The summed E-state index contributed by atoms with van der Waals surface area (Å²) in [7, 11) is 0. The van der Waals surface area contributed by atoms with Crippen LogP contribution >= 0.6 is 11.8 Å². The van der Waals surface area contributed by atoms with E-state index in [9.17, 15) is 4.79 Å². The molecule has 0 N–H and O–H groups in total. The molecule has 3 nitrogen and oxygen atoms in total. The van der Waals surface area contributed by atoms with Crippen molar-refractivity contribution in [1.82, 2.24) is 0 Å². The number of carbonyl (C=O) groups excluding carboxylic acids is 1. The fourth-order valence-electron chi connectivity index (χ4n) is 2.45. The third kappa shape index (κ3) is 2.90. The number of anilines is 1. The summed E-state index contributed by atoms with van der Waals surface area (Å²) in [4.78, 5) is 14.5. The highest BCUT2D eigenvalue weighted by Gasteiger charge is 2.24. The van der Waals surface area contributed by atoms with E-state index in [4.69, 9.17) is 4.74 Å². The Labute approximate surface area is 128 Å². The lowest BCUT2D eigenvalue weighted by molar-refractivity contribution is 0.0976. The molecule has 1 amide bonds. The molecule has 4 heteroatoms. The van der Waals surface area contributed by atoms with Crippen molar-refractivity contribution < 1.29 is 9.53 Å². The summed E-state index contributed by atoms with van der Waals surface area (Å²) in [5.41, 5.74) is 2.81. The topological polar surface area (TPSA) is 29.5 Å². The van der Waals surface area contributed by atoms with E-state index in [1.54, 1.807) is 16.7 Å². The summed E-state index contributed by atoms with van der Waals surface area (Å²) >= 11 is 1.78. The maximum absolute atomic E-state index is 12.7. The molecule has 1 heterocycles. The van der Waals surface area contributed by atoms with E-state index < -0.39 is 0 Å². The quantitative estimate of drug-likeness (QED) is 0.867. The van der Waals surface area contributed by atoms with Gasteiger partial charge in [0.05, 0.1) is 12.2 Å². The zero-order valence-corrected chi connectivity index (χ0v) is 12.7. The minimum absolute atomic E-state index is 0.0291. The number of thioether (sulfide) groups is 1. The highest BCUT2D eigenvalue weighted by atomic mass is 32.2. The molecule has 0 spiro atoms. The molecule has 0 unspecified atom stereocenters. The van der Waals surface area contributed by atoms with Crippen LogP contribution in [0.5, 0.6) is 5.75 Å². The fourth-order valence-corrected chi connectivity index (χ4v) is 2.97. The molecule has 0 aliphatic carbocycles. The van der Waals surface area contributed by atoms with Gasteiger partial charge in [0.15, 0.2) is 0 Å². The number of hydrogen-bond donors (Lipinski definition) is 0. The second kappa shape index (κ2) is 6.22. The second-order valence-electron chi connectivity index (χ2n) is 4.90. The first-order chi connectivity index (χ1) is 10.3. The van der Waals surface area contributed by atoms with Crippen molar-refractivity contribution >= 4 is 23.4 Å². The number of benzene rings is 2. The van der Waals surface area contributed by atoms with E-state index in [-0.39, 0.29) is 5.91 Å². The largest absolute Gasteiger partial charge is 0.490 e. The monoisotopic (exact) mass is 299 g/mol. The predicted octanol–water partition coefficient (Wildman–Crippen LogP) is 3.59. The standard InChI is InChI=1S/C17H17NO2S/c1-21-12-13-6-8-14(9-7-13)17(19)18-10-11-20-16-5-3-2-4-15(16)18/h2-9H,10-12H2,1H3. The molecule has 1 aliphatic rings. The van der Waals surface area contributed by atoms with Gasteiger partial charge >= 0.3 is 0 Å². The average Bonchev–Trinajstić information content (AvgIpc) is 2.55. The van der Waals surface area contributed by atoms with Gasteiger partial charge < -0.3 is 9.64 Å². The lowest BCUT2D eigenvalue weighted by atomic mass is 10.1. The van der Waals surface area contributed by atoms with Crippen LogP contribution in [-0.2, 0) is 5.75 Å². The van der Waals surface area contributed by atoms with Gasteiger partial charge in [-0.3, -0.25) is 4.79 Å². The first-order valence-corrected chi connectivity index (χ1v) is 8.30. The van der Waals surface area contributed by atoms with Gasteiger partial charge in [-0.2, -0.15) is 11.8 Å². The number of carbonyl (C=O) groups is 1. The van der Waals surface area contributed by atoms with Gasteiger partial charge in [-0.25, -0.2) is 0 Å². The van der Waals surface area contributed by atoms with Crippen LogP contribution in [0.2, 0.25) is 0 Å². The Morgan fingerprint density at radius 1 is 1.19 bits per heavy atom. The van der Waals surface area contributed by atoms with Crippen molar-refractivity contribution in [3.63, 3.8) is 0 Å². The van der Waals surface area contributed by atoms with E-state index in [2.05, 4.69) is 6.26 Å². The van der Waals surface area contributed by atoms with E-state index >= 15 is 0 Å². The lowest BCUT2D eigenvalue weighted by Gasteiger charge is -2.29. The molecular formula is C17H17NO2S. The van der Waals surface area contributed by atoms with Gasteiger partial charge in [0.2, 0.25) is 0 Å². The number of hydrogen-bond acceptors (Lipinski definition) is 3. The Balaban J connectivity index is 1.86. The molecule has 0 saturated heterocycles. The highest BCUT2D eigenvalue weighted by Crippen LogP contribution is 2.31. The van der Waals surface area contributed by atoms with Crippen LogP contribution in [0.25, 0.3) is 0 Å². The summed E-state index contributed by atoms with van der Waals surface area (Å²) < 4.78 is 5.59. The number of rotatable bonds is 3. The summed E-state index contributed by atoms with van der Waals surface area (Å²) in [5.74, 6) is 1.77. The second-order valence-corrected chi connectivity index (χ2v) is 5.77. The first-order valence-electron chi connectivity index (χ1n) is 6.91. The molecule has 3 rings (SSSR count). The predicted molar refractivity (Wildman–Crippen MR) is 87.3 cm³/mol. The molecule has 1 aliphatic heterocycles. The van der Waals surface area contributed by atoms with Gasteiger partial charge in [0.25, 0.3) is 5.91 Å². The number of fused-ring (bicyclic) bond motifs is 1. The van der Waals surface area contributed by atoms with Crippen LogP contribution in [0.1, 0.15) is 15.9 Å². The third-order valence-electron chi connectivity index (χ3n) is 3.49. The molecule has 2 aromatic rings. The van der Waals surface area contributed by atoms with Gasteiger partial charge in [-0.1, -0.05) is 24.3 Å². The van der Waals surface area contributed by atoms with Crippen molar-refractivity contribution in [3.05, 3.63) is 59.7 Å². The molecule has 0 aromatic heterocycles. The van der Waals surface area contributed by atoms with Crippen LogP contribution in [-0.4, -0.2) is 25.3 Å². The Bertz CT molecular complexity index is 639. The van der Waals surface area contributed by atoms with E-state index in [0.717, 1.165) is 22.8 Å². The zero-order valence-electron chi connectivity index (χ0n) is 11.9. The minimum Gasteiger partial charge on any atom is -0.490 e. The Kier molecular flexibility index (Phi) is 4.15. The number of amides is 1. The average molecular weight is 299 g/mol. The van der Waals surface area contributed by atoms with Gasteiger partial charge in [-0.05, 0) is 36.1 Å². The fraction of sp³-hybridized carbons (Fsp3) is 0.235. The Morgan fingerprint density at radius 2 is 1.95 bits per heavy atom. The molecule has 2 aromatic carbocycles. The molecule has 0 atom stereocenters. The third-order valence-corrected chi connectivity index (χ3v) is 4.11. The van der Waals surface area contributed by atoms with E-state index in [1.807, 2.05) is 48.5 Å². The van der Waals surface area contributed by atoms with Crippen molar-refractivity contribution in [2.75, 3.05) is 24.3 Å². The number of para-hydroxylation sites is 2. The molecular weight excluding hydrogens is 282 g/mol.